The van der Waals surface area contributed by atoms with Gasteiger partial charge in [-0.3, -0.25) is 0 Å². The Bertz CT molecular complexity index is 300. The van der Waals surface area contributed by atoms with E-state index in [1.807, 2.05) is 6.92 Å². The van der Waals surface area contributed by atoms with Crippen molar-refractivity contribution < 1.29 is 28.9 Å². The van der Waals surface area contributed by atoms with Gasteiger partial charge in [0.15, 0.2) is 0 Å². The molecule has 1 atom stereocenters. The summed E-state index contributed by atoms with van der Waals surface area (Å²) in [5.41, 5.74) is -0.506. The average molecular weight is 291 g/mol. The lowest BCUT2D eigenvalue weighted by Gasteiger charge is -2.20. The summed E-state index contributed by atoms with van der Waals surface area (Å²) >= 11 is 0. The summed E-state index contributed by atoms with van der Waals surface area (Å²) in [4.78, 5) is 21.5. The van der Waals surface area contributed by atoms with E-state index in [0.29, 0.717) is 19.6 Å². The molecule has 2 N–H and O–H groups in total. The Hall–Kier alpha value is -1.34. The Morgan fingerprint density at radius 3 is 2.45 bits per heavy atom. The van der Waals surface area contributed by atoms with Crippen molar-refractivity contribution in [2.45, 2.75) is 45.8 Å². The highest BCUT2D eigenvalue weighted by atomic mass is 16.6. The van der Waals surface area contributed by atoms with Crippen LogP contribution in [0.1, 0.15) is 34.1 Å². The number of carbonyl (C=O) groups excluding carboxylic acids is 1. The van der Waals surface area contributed by atoms with Gasteiger partial charge in [0.2, 0.25) is 0 Å². The summed E-state index contributed by atoms with van der Waals surface area (Å²) in [6.07, 6.45) is 0.130. The number of rotatable bonds is 9. The molecule has 0 bridgehead atoms. The van der Waals surface area contributed by atoms with Crippen LogP contribution in [0.25, 0.3) is 0 Å². The molecule has 0 aromatic rings. The average Bonchev–Trinajstić information content (AvgIpc) is 2.25. The van der Waals surface area contributed by atoms with Crippen molar-refractivity contribution in [2.75, 3.05) is 26.4 Å². The molecule has 0 saturated heterocycles. The van der Waals surface area contributed by atoms with E-state index in [4.69, 9.17) is 19.3 Å². The minimum Gasteiger partial charge on any atom is -0.480 e. The van der Waals surface area contributed by atoms with Crippen molar-refractivity contribution in [2.24, 2.45) is 0 Å². The van der Waals surface area contributed by atoms with Gasteiger partial charge in [-0.25, -0.2) is 9.59 Å². The summed E-state index contributed by atoms with van der Waals surface area (Å²) in [7, 11) is 0. The van der Waals surface area contributed by atoms with Crippen molar-refractivity contribution in [1.29, 1.82) is 0 Å². The predicted molar refractivity (Wildman–Crippen MR) is 72.7 cm³/mol. The second kappa shape index (κ2) is 9.55. The number of alkyl carbamates (subject to hydrolysis) is 1. The van der Waals surface area contributed by atoms with Crippen molar-refractivity contribution in [1.82, 2.24) is 5.32 Å². The molecule has 0 aromatic carbocycles. The fourth-order valence-corrected chi connectivity index (χ4v) is 1.24. The molecule has 0 aliphatic rings. The Balaban J connectivity index is 3.51. The highest BCUT2D eigenvalue weighted by Crippen LogP contribution is 2.06. The molecule has 7 nitrogen and oxygen atoms in total. The van der Waals surface area contributed by atoms with Gasteiger partial charge >= 0.3 is 12.1 Å². The van der Waals surface area contributed by atoms with E-state index >= 15 is 0 Å². The maximum Gasteiger partial charge on any atom is 0.407 e. The molecule has 0 aromatic heterocycles. The highest BCUT2D eigenvalue weighted by molar-refractivity contribution is 5.68. The van der Waals surface area contributed by atoms with Gasteiger partial charge in [0.1, 0.15) is 12.2 Å². The molecule has 1 amide bonds. The monoisotopic (exact) mass is 291 g/mol. The second-order valence-corrected chi connectivity index (χ2v) is 5.35. The maximum atomic E-state index is 11.4. The lowest BCUT2D eigenvalue weighted by Crippen LogP contribution is -2.34. The molecule has 0 fully saturated rings. The molecule has 20 heavy (non-hydrogen) atoms. The first-order chi connectivity index (χ1) is 9.20. The maximum absolute atomic E-state index is 11.4. The van der Waals surface area contributed by atoms with Crippen molar-refractivity contribution >= 4 is 12.1 Å². The summed E-state index contributed by atoms with van der Waals surface area (Å²) in [5, 5.41) is 11.0. The fourth-order valence-electron chi connectivity index (χ4n) is 1.24. The van der Waals surface area contributed by atoms with Gasteiger partial charge in [0.05, 0.1) is 19.3 Å². The molecule has 0 aliphatic carbocycles. The number of nitrogens with one attached hydrogen (secondary N) is 1. The molecule has 0 spiro atoms. The number of carboxylic acids is 1. The summed E-state index contributed by atoms with van der Waals surface area (Å²) in [6, 6.07) is 0. The Morgan fingerprint density at radius 2 is 1.90 bits per heavy atom. The van der Waals surface area contributed by atoms with E-state index in [1.165, 1.54) is 0 Å². The SMILES string of the molecule is CC(CCNC(=O)OC(C)(C)C)OCCOCC(=O)O. The van der Waals surface area contributed by atoms with Gasteiger partial charge in [-0.2, -0.15) is 0 Å². The van der Waals surface area contributed by atoms with Crippen LogP contribution in [-0.4, -0.2) is 55.2 Å². The van der Waals surface area contributed by atoms with Gasteiger partial charge in [0.25, 0.3) is 0 Å². The van der Waals surface area contributed by atoms with Crippen LogP contribution in [0.15, 0.2) is 0 Å². The third kappa shape index (κ3) is 13.1. The lowest BCUT2D eigenvalue weighted by atomic mass is 10.2. The van der Waals surface area contributed by atoms with Crippen LogP contribution in [0, 0.1) is 0 Å². The third-order valence-corrected chi connectivity index (χ3v) is 2.07. The first-order valence-electron chi connectivity index (χ1n) is 6.58. The van der Waals surface area contributed by atoms with E-state index < -0.39 is 17.7 Å². The Kier molecular flexibility index (Phi) is 8.91. The number of carboxylic acid groups (broad SMARTS) is 1. The second-order valence-electron chi connectivity index (χ2n) is 5.35. The topological polar surface area (TPSA) is 94.1 Å². The fraction of sp³-hybridized carbons (Fsp3) is 0.846. The molecule has 0 heterocycles. The van der Waals surface area contributed by atoms with Gasteiger partial charge < -0.3 is 24.6 Å². The Labute approximate surface area is 119 Å². The van der Waals surface area contributed by atoms with Crippen LogP contribution in [-0.2, 0) is 19.0 Å². The molecule has 118 valence electrons. The minimum atomic E-state index is -1.00. The third-order valence-electron chi connectivity index (χ3n) is 2.07. The molecule has 0 radical (unpaired) electrons. The van der Waals surface area contributed by atoms with Crippen molar-refractivity contribution in [3.63, 3.8) is 0 Å². The largest absolute Gasteiger partial charge is 0.480 e. The lowest BCUT2D eigenvalue weighted by molar-refractivity contribution is -0.142. The predicted octanol–water partition coefficient (Wildman–Crippen LogP) is 1.41. The number of amides is 1. The first-order valence-corrected chi connectivity index (χ1v) is 6.58. The van der Waals surface area contributed by atoms with Crippen LogP contribution >= 0.6 is 0 Å². The van der Waals surface area contributed by atoms with Crippen LogP contribution in [0.3, 0.4) is 0 Å². The molecular formula is C13H25NO6. The number of hydrogen-bond donors (Lipinski definition) is 2. The minimum absolute atomic E-state index is 0.0571. The van der Waals surface area contributed by atoms with Crippen LogP contribution in [0.2, 0.25) is 0 Å². The first kappa shape index (κ1) is 18.7. The van der Waals surface area contributed by atoms with Crippen molar-refractivity contribution in [3.8, 4) is 0 Å². The Morgan fingerprint density at radius 1 is 1.25 bits per heavy atom. The smallest absolute Gasteiger partial charge is 0.407 e. The molecule has 0 rings (SSSR count). The number of carbonyl (C=O) groups is 2. The van der Waals surface area contributed by atoms with Crippen LogP contribution in [0.4, 0.5) is 4.79 Å². The van der Waals surface area contributed by atoms with Crippen LogP contribution < -0.4 is 5.32 Å². The molecule has 0 aliphatic heterocycles. The van der Waals surface area contributed by atoms with Gasteiger partial charge in [-0.05, 0) is 34.1 Å². The van der Waals surface area contributed by atoms with E-state index in [9.17, 15) is 9.59 Å². The van der Waals surface area contributed by atoms with E-state index in [-0.39, 0.29) is 19.3 Å². The number of aliphatic carboxylic acids is 1. The summed E-state index contributed by atoms with van der Waals surface area (Å²) in [6.45, 7) is 7.95. The zero-order valence-corrected chi connectivity index (χ0v) is 12.6. The van der Waals surface area contributed by atoms with Crippen molar-refractivity contribution in [3.05, 3.63) is 0 Å². The molecule has 7 heteroatoms. The van der Waals surface area contributed by atoms with Gasteiger partial charge in [-0.15, -0.1) is 0 Å². The van der Waals surface area contributed by atoms with E-state index in [1.54, 1.807) is 20.8 Å². The van der Waals surface area contributed by atoms with Crippen LogP contribution in [0.5, 0.6) is 0 Å². The summed E-state index contributed by atoms with van der Waals surface area (Å²) < 4.78 is 15.3. The number of hydrogen-bond acceptors (Lipinski definition) is 5. The highest BCUT2D eigenvalue weighted by Gasteiger charge is 2.15. The molecule has 1 unspecified atom stereocenters. The zero-order chi connectivity index (χ0) is 15.6. The normalized spacial score (nSPS) is 12.8. The molecule has 0 saturated carbocycles. The van der Waals surface area contributed by atoms with Gasteiger partial charge in [-0.1, -0.05) is 0 Å². The standard InChI is InChI=1S/C13H25NO6/c1-10(19-8-7-18-9-11(15)16)5-6-14-12(17)20-13(2,3)4/h10H,5-9H2,1-4H3,(H,14,17)(H,15,16). The zero-order valence-electron chi connectivity index (χ0n) is 12.6. The van der Waals surface area contributed by atoms with E-state index in [0.717, 1.165) is 0 Å². The quantitative estimate of drug-likeness (QED) is 0.624. The number of ether oxygens (including phenoxy) is 3. The molecular weight excluding hydrogens is 266 g/mol. The van der Waals surface area contributed by atoms with E-state index in [2.05, 4.69) is 5.32 Å². The van der Waals surface area contributed by atoms with Gasteiger partial charge in [0, 0.05) is 6.54 Å². The summed E-state index contributed by atoms with van der Waals surface area (Å²) in [5.74, 6) is -1.00.